The lowest BCUT2D eigenvalue weighted by atomic mass is 9.99. The molecule has 0 unspecified atom stereocenters. The van der Waals surface area contributed by atoms with Crippen LogP contribution in [0.15, 0.2) is 18.2 Å². The third kappa shape index (κ3) is 2.60. The Balaban J connectivity index is 1.68. The molecule has 1 amide bonds. The molecule has 21 heavy (non-hydrogen) atoms. The molecule has 1 fully saturated rings. The van der Waals surface area contributed by atoms with Crippen molar-refractivity contribution in [3.05, 3.63) is 24.0 Å². The molecule has 112 valence electrons. The number of rotatable bonds is 4. The van der Waals surface area contributed by atoms with Gasteiger partial charge in [0.1, 0.15) is 5.82 Å². The van der Waals surface area contributed by atoms with Crippen molar-refractivity contribution < 1.29 is 9.18 Å². The highest BCUT2D eigenvalue weighted by Gasteiger charge is 2.36. The molecule has 6 heteroatoms. The van der Waals surface area contributed by atoms with Gasteiger partial charge in [-0.05, 0) is 32.0 Å². The molecule has 1 aliphatic heterocycles. The van der Waals surface area contributed by atoms with Crippen LogP contribution >= 0.6 is 11.3 Å². The fourth-order valence-corrected chi connectivity index (χ4v) is 3.61. The molecule has 0 N–H and O–H groups in total. The first-order valence-corrected chi connectivity index (χ1v) is 8.03. The Morgan fingerprint density at radius 1 is 1.43 bits per heavy atom. The van der Waals surface area contributed by atoms with Crippen molar-refractivity contribution >= 4 is 32.6 Å². The number of benzene rings is 1. The van der Waals surface area contributed by atoms with Crippen molar-refractivity contribution in [2.75, 3.05) is 31.1 Å². The van der Waals surface area contributed by atoms with Crippen molar-refractivity contribution in [1.29, 1.82) is 0 Å². The number of aromatic nitrogens is 1. The highest BCUT2D eigenvalue weighted by molar-refractivity contribution is 7.22. The number of amides is 1. The van der Waals surface area contributed by atoms with Crippen LogP contribution < -0.4 is 4.90 Å². The van der Waals surface area contributed by atoms with E-state index in [9.17, 15) is 9.18 Å². The monoisotopic (exact) mass is 307 g/mol. The lowest BCUT2D eigenvalue weighted by Gasteiger charge is -2.40. The summed E-state index contributed by atoms with van der Waals surface area (Å²) in [6, 6.07) is 4.63. The number of carbonyl (C=O) groups is 1. The molecule has 0 saturated carbocycles. The predicted octanol–water partition coefficient (Wildman–Crippen LogP) is 2.74. The van der Waals surface area contributed by atoms with Gasteiger partial charge in [0.25, 0.3) is 0 Å². The van der Waals surface area contributed by atoms with E-state index >= 15 is 0 Å². The second-order valence-corrected chi connectivity index (χ2v) is 6.23. The molecular weight excluding hydrogens is 289 g/mol. The fraction of sp³-hybridized carbons (Fsp3) is 0.467. The van der Waals surface area contributed by atoms with E-state index in [0.29, 0.717) is 13.1 Å². The minimum absolute atomic E-state index is 0.0636. The first-order valence-electron chi connectivity index (χ1n) is 7.22. The van der Waals surface area contributed by atoms with Crippen LogP contribution in [0.1, 0.15) is 13.8 Å². The van der Waals surface area contributed by atoms with E-state index in [1.54, 1.807) is 6.07 Å². The van der Waals surface area contributed by atoms with E-state index in [0.717, 1.165) is 28.4 Å². The Morgan fingerprint density at radius 3 is 2.81 bits per heavy atom. The van der Waals surface area contributed by atoms with Gasteiger partial charge in [-0.25, -0.2) is 9.37 Å². The van der Waals surface area contributed by atoms with Crippen LogP contribution in [0.4, 0.5) is 9.52 Å². The molecule has 3 rings (SSSR count). The summed E-state index contributed by atoms with van der Waals surface area (Å²) in [5.74, 6) is 0.0490. The summed E-state index contributed by atoms with van der Waals surface area (Å²) in [5, 5.41) is 0.874. The highest BCUT2D eigenvalue weighted by atomic mass is 32.1. The van der Waals surface area contributed by atoms with Crippen molar-refractivity contribution in [2.24, 2.45) is 5.92 Å². The van der Waals surface area contributed by atoms with Crippen LogP contribution in [0, 0.1) is 11.7 Å². The molecule has 4 nitrogen and oxygen atoms in total. The summed E-state index contributed by atoms with van der Waals surface area (Å²) in [6.45, 7) is 6.92. The van der Waals surface area contributed by atoms with E-state index in [-0.39, 0.29) is 17.6 Å². The zero-order valence-corrected chi connectivity index (χ0v) is 13.0. The SMILES string of the molecule is CCN(CC)C(=O)C1CN(c2nc3ccc(F)cc3s2)C1. The largest absolute Gasteiger partial charge is 0.346 e. The standard InChI is InChI=1S/C15H18FN3OS/c1-3-18(4-2)14(20)10-8-19(9-10)15-17-12-6-5-11(16)7-13(12)21-15/h5-7,10H,3-4,8-9H2,1-2H3. The average Bonchev–Trinajstić information content (AvgIpc) is 2.80. The molecule has 0 atom stereocenters. The average molecular weight is 307 g/mol. The molecule has 0 spiro atoms. The normalized spacial score (nSPS) is 15.3. The molecule has 1 saturated heterocycles. The lowest BCUT2D eigenvalue weighted by Crippen LogP contribution is -2.54. The Kier molecular flexibility index (Phi) is 3.80. The summed E-state index contributed by atoms with van der Waals surface area (Å²) in [5.41, 5.74) is 0.815. The maximum atomic E-state index is 13.2. The molecular formula is C15H18FN3OS. The lowest BCUT2D eigenvalue weighted by molar-refractivity contribution is -0.135. The van der Waals surface area contributed by atoms with E-state index in [1.165, 1.54) is 23.5 Å². The second-order valence-electron chi connectivity index (χ2n) is 5.22. The molecule has 1 aromatic heterocycles. The number of hydrogen-bond acceptors (Lipinski definition) is 4. The van der Waals surface area contributed by atoms with Crippen molar-refractivity contribution in [1.82, 2.24) is 9.88 Å². The fourth-order valence-electron chi connectivity index (χ4n) is 2.61. The predicted molar refractivity (Wildman–Crippen MR) is 83.2 cm³/mol. The molecule has 0 aliphatic carbocycles. The van der Waals surface area contributed by atoms with Crippen LogP contribution in [0.3, 0.4) is 0 Å². The first-order chi connectivity index (χ1) is 10.1. The van der Waals surface area contributed by atoms with Gasteiger partial charge in [-0.1, -0.05) is 11.3 Å². The van der Waals surface area contributed by atoms with Crippen LogP contribution in [0.2, 0.25) is 0 Å². The maximum Gasteiger partial charge on any atom is 0.229 e. The maximum absolute atomic E-state index is 13.2. The smallest absolute Gasteiger partial charge is 0.229 e. The summed E-state index contributed by atoms with van der Waals surface area (Å²) in [7, 11) is 0. The van der Waals surface area contributed by atoms with Crippen molar-refractivity contribution in [3.8, 4) is 0 Å². The van der Waals surface area contributed by atoms with Gasteiger partial charge in [-0.2, -0.15) is 0 Å². The van der Waals surface area contributed by atoms with Gasteiger partial charge >= 0.3 is 0 Å². The summed E-state index contributed by atoms with van der Waals surface area (Å²) < 4.78 is 14.0. The summed E-state index contributed by atoms with van der Waals surface area (Å²) in [6.07, 6.45) is 0. The van der Waals surface area contributed by atoms with E-state index < -0.39 is 0 Å². The first kappa shape index (κ1) is 14.3. The Morgan fingerprint density at radius 2 is 2.14 bits per heavy atom. The minimum atomic E-state index is -0.240. The number of anilines is 1. The molecule has 0 bridgehead atoms. The van der Waals surface area contributed by atoms with E-state index in [2.05, 4.69) is 9.88 Å². The van der Waals surface area contributed by atoms with Crippen LogP contribution in [0.5, 0.6) is 0 Å². The zero-order valence-electron chi connectivity index (χ0n) is 12.2. The van der Waals surface area contributed by atoms with E-state index in [4.69, 9.17) is 0 Å². The van der Waals surface area contributed by atoms with Crippen molar-refractivity contribution in [2.45, 2.75) is 13.8 Å². The molecule has 1 aliphatic rings. The number of fused-ring (bicyclic) bond motifs is 1. The third-order valence-electron chi connectivity index (χ3n) is 3.92. The van der Waals surface area contributed by atoms with Gasteiger partial charge < -0.3 is 9.80 Å². The second kappa shape index (κ2) is 5.60. The minimum Gasteiger partial charge on any atom is -0.346 e. The van der Waals surface area contributed by atoms with Gasteiger partial charge in [0, 0.05) is 26.2 Å². The highest BCUT2D eigenvalue weighted by Crippen LogP contribution is 2.33. The summed E-state index contributed by atoms with van der Waals surface area (Å²) >= 11 is 1.48. The molecule has 2 aromatic rings. The third-order valence-corrected chi connectivity index (χ3v) is 4.99. The van der Waals surface area contributed by atoms with Crippen LogP contribution in [-0.2, 0) is 4.79 Å². The van der Waals surface area contributed by atoms with Crippen LogP contribution in [-0.4, -0.2) is 42.0 Å². The topological polar surface area (TPSA) is 36.4 Å². The molecule has 0 radical (unpaired) electrons. The quantitative estimate of drug-likeness (QED) is 0.871. The molecule has 2 heterocycles. The number of hydrogen-bond donors (Lipinski definition) is 0. The summed E-state index contributed by atoms with van der Waals surface area (Å²) in [4.78, 5) is 20.7. The Bertz CT molecular complexity index is 662. The Hall–Kier alpha value is -1.69. The van der Waals surface area contributed by atoms with Crippen LogP contribution in [0.25, 0.3) is 10.2 Å². The van der Waals surface area contributed by atoms with Gasteiger partial charge in [-0.3, -0.25) is 4.79 Å². The van der Waals surface area contributed by atoms with Gasteiger partial charge in [-0.15, -0.1) is 0 Å². The van der Waals surface area contributed by atoms with E-state index in [1.807, 2.05) is 18.7 Å². The number of halogens is 1. The number of thiazole rings is 1. The van der Waals surface area contributed by atoms with Gasteiger partial charge in [0.05, 0.1) is 16.1 Å². The Labute approximate surface area is 127 Å². The zero-order chi connectivity index (χ0) is 15.0. The molecule has 1 aromatic carbocycles. The van der Waals surface area contributed by atoms with Crippen molar-refractivity contribution in [3.63, 3.8) is 0 Å². The van der Waals surface area contributed by atoms with Gasteiger partial charge in [0.15, 0.2) is 5.13 Å². The number of carbonyl (C=O) groups excluding carboxylic acids is 1. The van der Waals surface area contributed by atoms with Gasteiger partial charge in [0.2, 0.25) is 5.91 Å². The number of nitrogens with zero attached hydrogens (tertiary/aromatic N) is 3.